The largest absolute Gasteiger partial charge is 0.390 e. The van der Waals surface area contributed by atoms with Crippen molar-refractivity contribution in [3.63, 3.8) is 0 Å². The zero-order valence-electron chi connectivity index (χ0n) is 15.2. The van der Waals surface area contributed by atoms with Gasteiger partial charge in [0.05, 0.1) is 17.9 Å². The SMILES string of the molecule is O=C(NC[C@H]1O[C@H](Cc2cc(-c3ccccn3)on2)CC[C@@H]1O)C1CCC1. The lowest BCUT2D eigenvalue weighted by molar-refractivity contribution is -0.133. The van der Waals surface area contributed by atoms with Gasteiger partial charge >= 0.3 is 0 Å². The molecule has 3 atom stereocenters. The van der Waals surface area contributed by atoms with Gasteiger partial charge in [-0.1, -0.05) is 17.6 Å². The first-order valence-electron chi connectivity index (χ1n) is 9.67. The van der Waals surface area contributed by atoms with Crippen molar-refractivity contribution in [2.45, 2.75) is 56.8 Å². The number of pyridine rings is 1. The smallest absolute Gasteiger partial charge is 0.223 e. The number of aromatic nitrogens is 2. The van der Waals surface area contributed by atoms with Crippen molar-refractivity contribution in [1.82, 2.24) is 15.5 Å². The van der Waals surface area contributed by atoms with Gasteiger partial charge < -0.3 is 19.7 Å². The fourth-order valence-corrected chi connectivity index (χ4v) is 3.57. The molecular weight excluding hydrogens is 346 g/mol. The van der Waals surface area contributed by atoms with E-state index in [-0.39, 0.29) is 24.0 Å². The molecule has 0 spiro atoms. The van der Waals surface area contributed by atoms with Gasteiger partial charge in [0.15, 0.2) is 5.76 Å². The van der Waals surface area contributed by atoms with E-state index in [1.807, 2.05) is 24.3 Å². The number of nitrogens with zero attached hydrogens (tertiary/aromatic N) is 2. The number of hydrogen-bond donors (Lipinski definition) is 2. The Kier molecular flexibility index (Phi) is 5.50. The summed E-state index contributed by atoms with van der Waals surface area (Å²) in [5.41, 5.74) is 1.54. The Morgan fingerprint density at radius 1 is 1.26 bits per heavy atom. The zero-order chi connectivity index (χ0) is 18.6. The van der Waals surface area contributed by atoms with Crippen LogP contribution in [0.1, 0.15) is 37.8 Å². The van der Waals surface area contributed by atoms with Crippen molar-refractivity contribution in [2.24, 2.45) is 5.92 Å². The number of carbonyl (C=O) groups excluding carboxylic acids is 1. The first-order valence-corrected chi connectivity index (χ1v) is 9.67. The Morgan fingerprint density at radius 2 is 2.15 bits per heavy atom. The number of aliphatic hydroxyl groups excluding tert-OH is 1. The summed E-state index contributed by atoms with van der Waals surface area (Å²) < 4.78 is 11.4. The predicted molar refractivity (Wildman–Crippen MR) is 97.7 cm³/mol. The zero-order valence-corrected chi connectivity index (χ0v) is 15.2. The molecule has 1 saturated carbocycles. The Labute approximate surface area is 158 Å². The first kappa shape index (κ1) is 18.1. The number of nitrogens with one attached hydrogen (secondary N) is 1. The monoisotopic (exact) mass is 371 g/mol. The number of amides is 1. The maximum Gasteiger partial charge on any atom is 0.223 e. The van der Waals surface area contributed by atoms with E-state index in [1.165, 1.54) is 0 Å². The van der Waals surface area contributed by atoms with Crippen molar-refractivity contribution in [2.75, 3.05) is 6.54 Å². The summed E-state index contributed by atoms with van der Waals surface area (Å²) in [5, 5.41) is 17.3. The average molecular weight is 371 g/mol. The van der Waals surface area contributed by atoms with Crippen LogP contribution in [0.3, 0.4) is 0 Å². The van der Waals surface area contributed by atoms with Gasteiger partial charge in [0.2, 0.25) is 5.91 Å². The topological polar surface area (TPSA) is 97.5 Å². The molecule has 144 valence electrons. The molecule has 7 nitrogen and oxygen atoms in total. The highest BCUT2D eigenvalue weighted by Gasteiger charge is 2.32. The van der Waals surface area contributed by atoms with Crippen LogP contribution in [-0.4, -0.2) is 46.0 Å². The van der Waals surface area contributed by atoms with Gasteiger partial charge in [0, 0.05) is 31.1 Å². The van der Waals surface area contributed by atoms with Crippen LogP contribution in [0.15, 0.2) is 35.0 Å². The molecule has 1 amide bonds. The fourth-order valence-electron chi connectivity index (χ4n) is 3.57. The lowest BCUT2D eigenvalue weighted by Gasteiger charge is -2.34. The van der Waals surface area contributed by atoms with E-state index in [9.17, 15) is 9.90 Å². The third kappa shape index (κ3) is 4.36. The summed E-state index contributed by atoms with van der Waals surface area (Å²) in [6, 6.07) is 7.51. The highest BCUT2D eigenvalue weighted by Crippen LogP contribution is 2.27. The number of ether oxygens (including phenoxy) is 1. The number of carbonyl (C=O) groups is 1. The molecule has 2 aromatic rings. The molecule has 0 aromatic carbocycles. The third-order valence-corrected chi connectivity index (χ3v) is 5.45. The molecule has 2 aromatic heterocycles. The molecule has 0 radical (unpaired) electrons. The van der Waals surface area contributed by atoms with Gasteiger partial charge in [0.25, 0.3) is 0 Å². The van der Waals surface area contributed by atoms with Gasteiger partial charge in [-0.25, -0.2) is 0 Å². The second-order valence-corrected chi connectivity index (χ2v) is 7.42. The van der Waals surface area contributed by atoms with Gasteiger partial charge in [0.1, 0.15) is 11.8 Å². The van der Waals surface area contributed by atoms with Crippen molar-refractivity contribution < 1.29 is 19.2 Å². The maximum atomic E-state index is 12.0. The minimum absolute atomic E-state index is 0.0549. The summed E-state index contributed by atoms with van der Waals surface area (Å²) in [4.78, 5) is 16.3. The molecule has 2 fully saturated rings. The summed E-state index contributed by atoms with van der Waals surface area (Å²) in [6.07, 6.45) is 5.79. The van der Waals surface area contributed by atoms with Crippen LogP contribution in [0.4, 0.5) is 0 Å². The van der Waals surface area contributed by atoms with Crippen LogP contribution in [0, 0.1) is 5.92 Å². The maximum absolute atomic E-state index is 12.0. The standard InChI is InChI=1S/C20H25N3O4/c24-17-8-7-15(26-19(17)12-22-20(25)13-4-3-5-13)10-14-11-18(27-23-14)16-6-1-2-9-21-16/h1-2,6,9,11,13,15,17,19,24H,3-5,7-8,10,12H2,(H,22,25)/t15-,17-,19+/m0/s1. The van der Waals surface area contributed by atoms with Crippen LogP contribution in [0.2, 0.25) is 0 Å². The van der Waals surface area contributed by atoms with E-state index < -0.39 is 6.10 Å². The molecule has 2 N–H and O–H groups in total. The van der Waals surface area contributed by atoms with E-state index in [4.69, 9.17) is 9.26 Å². The fraction of sp³-hybridized carbons (Fsp3) is 0.550. The molecule has 1 saturated heterocycles. The van der Waals surface area contributed by atoms with Crippen molar-refractivity contribution in [3.8, 4) is 11.5 Å². The van der Waals surface area contributed by atoms with Gasteiger partial charge in [-0.15, -0.1) is 0 Å². The normalized spacial score (nSPS) is 25.7. The molecule has 2 aliphatic rings. The third-order valence-electron chi connectivity index (χ3n) is 5.45. The lowest BCUT2D eigenvalue weighted by Crippen LogP contribution is -2.48. The quantitative estimate of drug-likeness (QED) is 0.807. The van der Waals surface area contributed by atoms with E-state index in [0.29, 0.717) is 25.1 Å². The first-order chi connectivity index (χ1) is 13.2. The molecule has 7 heteroatoms. The van der Waals surface area contributed by atoms with Crippen LogP contribution in [0.25, 0.3) is 11.5 Å². The lowest BCUT2D eigenvalue weighted by atomic mass is 9.85. The second kappa shape index (κ2) is 8.19. The van der Waals surface area contributed by atoms with Crippen molar-refractivity contribution in [1.29, 1.82) is 0 Å². The van der Waals surface area contributed by atoms with E-state index in [0.717, 1.165) is 37.1 Å². The average Bonchev–Trinajstić information content (AvgIpc) is 3.10. The Hall–Kier alpha value is -2.25. The van der Waals surface area contributed by atoms with Crippen molar-refractivity contribution >= 4 is 5.91 Å². The molecule has 27 heavy (non-hydrogen) atoms. The molecule has 1 aliphatic carbocycles. The van der Waals surface area contributed by atoms with Gasteiger partial charge in [-0.05, 0) is 37.8 Å². The summed E-state index contributed by atoms with van der Waals surface area (Å²) >= 11 is 0. The van der Waals surface area contributed by atoms with E-state index in [2.05, 4.69) is 15.5 Å². The summed E-state index contributed by atoms with van der Waals surface area (Å²) in [6.45, 7) is 0.352. The van der Waals surface area contributed by atoms with Crippen LogP contribution in [0.5, 0.6) is 0 Å². The predicted octanol–water partition coefficient (Wildman–Crippen LogP) is 2.10. The van der Waals surface area contributed by atoms with Gasteiger partial charge in [-0.2, -0.15) is 0 Å². The molecule has 3 heterocycles. The number of hydrogen-bond acceptors (Lipinski definition) is 6. The molecule has 0 bridgehead atoms. The van der Waals surface area contributed by atoms with E-state index in [1.54, 1.807) is 6.20 Å². The molecule has 4 rings (SSSR count). The minimum Gasteiger partial charge on any atom is -0.390 e. The molecular formula is C20H25N3O4. The van der Waals surface area contributed by atoms with Crippen LogP contribution < -0.4 is 5.32 Å². The Balaban J connectivity index is 1.31. The Morgan fingerprint density at radius 3 is 2.89 bits per heavy atom. The molecule has 1 aliphatic heterocycles. The number of rotatable bonds is 6. The highest BCUT2D eigenvalue weighted by atomic mass is 16.5. The van der Waals surface area contributed by atoms with Gasteiger partial charge in [-0.3, -0.25) is 9.78 Å². The van der Waals surface area contributed by atoms with Crippen molar-refractivity contribution in [3.05, 3.63) is 36.2 Å². The second-order valence-electron chi connectivity index (χ2n) is 7.42. The summed E-state index contributed by atoms with van der Waals surface area (Å²) in [5.74, 6) is 0.850. The minimum atomic E-state index is -0.552. The van der Waals surface area contributed by atoms with Crippen LogP contribution >= 0.6 is 0 Å². The summed E-state index contributed by atoms with van der Waals surface area (Å²) in [7, 11) is 0. The molecule has 0 unspecified atom stereocenters. The van der Waals surface area contributed by atoms with Crippen LogP contribution in [-0.2, 0) is 16.0 Å². The van der Waals surface area contributed by atoms with E-state index >= 15 is 0 Å². The Bertz CT molecular complexity index is 760. The highest BCUT2D eigenvalue weighted by molar-refractivity contribution is 5.79. The number of aliphatic hydroxyl groups is 1.